The third-order valence-corrected chi connectivity index (χ3v) is 4.80. The van der Waals surface area contributed by atoms with Gasteiger partial charge in [0.05, 0.1) is 11.8 Å². The van der Waals surface area contributed by atoms with Crippen molar-refractivity contribution in [2.75, 3.05) is 18.8 Å². The van der Waals surface area contributed by atoms with E-state index in [2.05, 4.69) is 14.9 Å². The van der Waals surface area contributed by atoms with Crippen LogP contribution in [0.25, 0.3) is 0 Å². The lowest BCUT2D eigenvalue weighted by Gasteiger charge is -2.29. The van der Waals surface area contributed by atoms with Gasteiger partial charge in [0.1, 0.15) is 5.82 Å². The van der Waals surface area contributed by atoms with E-state index in [4.69, 9.17) is 10.5 Å². The first-order valence-corrected chi connectivity index (χ1v) is 8.45. The number of nitrogen functional groups attached to an aromatic ring is 1. The van der Waals surface area contributed by atoms with Crippen molar-refractivity contribution >= 4 is 5.82 Å². The van der Waals surface area contributed by atoms with Gasteiger partial charge >= 0.3 is 5.69 Å². The molecule has 4 rings (SSSR count). The summed E-state index contributed by atoms with van der Waals surface area (Å²) < 4.78 is 35.2. The summed E-state index contributed by atoms with van der Waals surface area (Å²) >= 11 is 0. The number of hydrogen-bond acceptors (Lipinski definition) is 6. The van der Waals surface area contributed by atoms with Crippen molar-refractivity contribution in [2.24, 2.45) is 0 Å². The van der Waals surface area contributed by atoms with E-state index in [0.29, 0.717) is 13.1 Å². The van der Waals surface area contributed by atoms with Crippen molar-refractivity contribution in [1.29, 1.82) is 0 Å². The van der Waals surface area contributed by atoms with Crippen LogP contribution in [0.4, 0.5) is 14.6 Å². The lowest BCUT2D eigenvalue weighted by atomic mass is 10.0. The van der Waals surface area contributed by atoms with Gasteiger partial charge < -0.3 is 10.5 Å². The average Bonchev–Trinajstić information content (AvgIpc) is 2.89. The maximum Gasteiger partial charge on any atom is 0.351 e. The normalized spacial score (nSPS) is 25.2. The first-order valence-electron chi connectivity index (χ1n) is 8.45. The number of hydrogen-bond donors (Lipinski definition) is 1. The minimum absolute atomic E-state index is 0.0106. The molecular weight excluding hydrogens is 344 g/mol. The number of anilines is 1. The minimum Gasteiger partial charge on any atom is -0.383 e. The first-order chi connectivity index (χ1) is 12.4. The molecule has 2 aliphatic heterocycles. The molecule has 0 radical (unpaired) electrons. The summed E-state index contributed by atoms with van der Waals surface area (Å²) in [7, 11) is 0. The lowest BCUT2D eigenvalue weighted by Crippen LogP contribution is -2.37. The van der Waals surface area contributed by atoms with Gasteiger partial charge in [-0.3, -0.25) is 14.5 Å². The molecule has 7 nitrogen and oxygen atoms in total. The summed E-state index contributed by atoms with van der Waals surface area (Å²) in [6.45, 7) is 1.73. The van der Waals surface area contributed by atoms with E-state index in [1.807, 2.05) is 12.1 Å². The van der Waals surface area contributed by atoms with Crippen LogP contribution in [0.2, 0.25) is 0 Å². The smallest absolute Gasteiger partial charge is 0.351 e. The van der Waals surface area contributed by atoms with Gasteiger partial charge in [0.15, 0.2) is 0 Å². The molecule has 9 heteroatoms. The molecule has 1 saturated heterocycles. The maximum atomic E-state index is 14.4. The predicted octanol–water partition coefficient (Wildman–Crippen LogP) is 1.20. The molecule has 0 spiro atoms. The molecule has 2 atom stereocenters. The molecule has 0 amide bonds. The predicted molar refractivity (Wildman–Crippen MR) is 89.6 cm³/mol. The van der Waals surface area contributed by atoms with Gasteiger partial charge in [-0.1, -0.05) is 6.07 Å². The molecule has 0 saturated carbocycles. The first kappa shape index (κ1) is 17.0. The number of alkyl halides is 2. The molecule has 2 N–H and O–H groups in total. The van der Waals surface area contributed by atoms with Gasteiger partial charge in [0.25, 0.3) is 5.92 Å². The Morgan fingerprint density at radius 2 is 2.23 bits per heavy atom. The Labute approximate surface area is 148 Å². The standard InChI is InChI=1S/C17H19F2N5O2/c18-17(19)8-12(26-15(17)24-7-4-14(20)22-16(24)25)9-23-6-3-11-2-1-5-21-13(11)10-23/h1-2,4-5,7,12,15H,3,6,8-10H2,(H2,20,22,25)/t12-,15+/m0/s1. The fraction of sp³-hybridized carbons (Fsp3) is 0.471. The van der Waals surface area contributed by atoms with Crippen molar-refractivity contribution < 1.29 is 13.5 Å². The van der Waals surface area contributed by atoms with E-state index in [1.54, 1.807) is 6.20 Å². The SMILES string of the molecule is Nc1ccn([C@@H]2O[C@H](CN3CCc4cccnc4C3)CC2(F)F)c(=O)n1. The number of rotatable bonds is 3. The second-order valence-electron chi connectivity index (χ2n) is 6.71. The largest absolute Gasteiger partial charge is 0.383 e. The lowest BCUT2D eigenvalue weighted by molar-refractivity contribution is -0.119. The van der Waals surface area contributed by atoms with Gasteiger partial charge in [-0.05, 0) is 24.1 Å². The Bertz CT molecular complexity index is 872. The Morgan fingerprint density at radius 1 is 1.38 bits per heavy atom. The summed E-state index contributed by atoms with van der Waals surface area (Å²) in [5.41, 5.74) is 6.74. The van der Waals surface area contributed by atoms with Crippen molar-refractivity contribution in [2.45, 2.75) is 37.6 Å². The van der Waals surface area contributed by atoms with Gasteiger partial charge in [-0.2, -0.15) is 4.98 Å². The molecule has 2 aromatic rings. The summed E-state index contributed by atoms with van der Waals surface area (Å²) in [6, 6.07) is 5.25. The second kappa shape index (κ2) is 6.40. The highest BCUT2D eigenvalue weighted by Crippen LogP contribution is 2.42. The number of pyridine rings is 1. The molecule has 0 bridgehead atoms. The van der Waals surface area contributed by atoms with Crippen LogP contribution >= 0.6 is 0 Å². The van der Waals surface area contributed by atoms with Gasteiger partial charge in [-0.25, -0.2) is 13.6 Å². The number of nitrogens with two attached hydrogens (primary N) is 1. The van der Waals surface area contributed by atoms with Crippen LogP contribution < -0.4 is 11.4 Å². The number of aromatic nitrogens is 3. The molecule has 2 aromatic heterocycles. The van der Waals surface area contributed by atoms with Crippen LogP contribution in [0, 0.1) is 0 Å². The van der Waals surface area contributed by atoms with E-state index < -0.39 is 30.4 Å². The Balaban J connectivity index is 1.47. The van der Waals surface area contributed by atoms with E-state index in [1.165, 1.54) is 17.8 Å². The van der Waals surface area contributed by atoms with E-state index in [9.17, 15) is 13.6 Å². The highest BCUT2D eigenvalue weighted by atomic mass is 19.3. The van der Waals surface area contributed by atoms with Crippen molar-refractivity contribution in [1.82, 2.24) is 19.4 Å². The van der Waals surface area contributed by atoms with Crippen LogP contribution in [0.15, 0.2) is 35.4 Å². The molecule has 26 heavy (non-hydrogen) atoms. The Hall–Kier alpha value is -2.39. The van der Waals surface area contributed by atoms with Gasteiger partial charge in [-0.15, -0.1) is 0 Å². The molecule has 0 aliphatic carbocycles. The third-order valence-electron chi connectivity index (χ3n) is 4.80. The zero-order valence-electron chi connectivity index (χ0n) is 14.0. The average molecular weight is 363 g/mol. The van der Waals surface area contributed by atoms with Crippen LogP contribution in [-0.4, -0.2) is 44.6 Å². The monoisotopic (exact) mass is 363 g/mol. The van der Waals surface area contributed by atoms with E-state index >= 15 is 0 Å². The zero-order valence-corrected chi connectivity index (χ0v) is 14.0. The quantitative estimate of drug-likeness (QED) is 0.882. The molecule has 138 valence electrons. The minimum atomic E-state index is -3.15. The fourth-order valence-electron chi connectivity index (χ4n) is 3.57. The summed E-state index contributed by atoms with van der Waals surface area (Å²) in [6.07, 6.45) is 0.983. The van der Waals surface area contributed by atoms with Gasteiger partial charge in [0, 0.05) is 38.4 Å². The Kier molecular flexibility index (Phi) is 4.20. The Morgan fingerprint density at radius 3 is 3.04 bits per heavy atom. The summed E-state index contributed by atoms with van der Waals surface area (Å²) in [5.74, 6) is -3.17. The number of fused-ring (bicyclic) bond motifs is 1. The van der Waals surface area contributed by atoms with Crippen LogP contribution in [0.1, 0.15) is 23.9 Å². The third kappa shape index (κ3) is 3.19. The number of ether oxygens (including phenoxy) is 1. The van der Waals surface area contributed by atoms with Crippen LogP contribution in [0.5, 0.6) is 0 Å². The summed E-state index contributed by atoms with van der Waals surface area (Å²) in [4.78, 5) is 21.8. The highest BCUT2D eigenvalue weighted by molar-refractivity contribution is 5.24. The van der Waals surface area contributed by atoms with Crippen LogP contribution in [-0.2, 0) is 17.7 Å². The molecule has 1 fully saturated rings. The molecule has 0 unspecified atom stereocenters. The second-order valence-corrected chi connectivity index (χ2v) is 6.71. The van der Waals surface area contributed by atoms with Crippen molar-refractivity contribution in [3.63, 3.8) is 0 Å². The van der Waals surface area contributed by atoms with E-state index in [-0.39, 0.29) is 5.82 Å². The molecule has 4 heterocycles. The molecular formula is C17H19F2N5O2. The van der Waals surface area contributed by atoms with E-state index in [0.717, 1.165) is 23.2 Å². The van der Waals surface area contributed by atoms with Gasteiger partial charge in [0.2, 0.25) is 6.23 Å². The number of nitrogens with zero attached hydrogens (tertiary/aromatic N) is 4. The molecule has 2 aliphatic rings. The topological polar surface area (TPSA) is 86.3 Å². The van der Waals surface area contributed by atoms with Crippen molar-refractivity contribution in [3.05, 3.63) is 52.3 Å². The molecule has 0 aromatic carbocycles. The summed E-state index contributed by atoms with van der Waals surface area (Å²) in [5, 5.41) is 0. The van der Waals surface area contributed by atoms with Crippen LogP contribution in [0.3, 0.4) is 0 Å². The number of halogens is 2. The van der Waals surface area contributed by atoms with Crippen molar-refractivity contribution in [3.8, 4) is 0 Å². The zero-order chi connectivity index (χ0) is 18.3. The highest BCUT2D eigenvalue weighted by Gasteiger charge is 2.52. The fourth-order valence-corrected chi connectivity index (χ4v) is 3.57. The maximum absolute atomic E-state index is 14.4.